The van der Waals surface area contributed by atoms with Gasteiger partial charge in [-0.15, -0.1) is 0 Å². The zero-order valence-corrected chi connectivity index (χ0v) is 8.47. The lowest BCUT2D eigenvalue weighted by Gasteiger charge is -2.13. The van der Waals surface area contributed by atoms with Crippen LogP contribution in [0.2, 0.25) is 0 Å². The van der Waals surface area contributed by atoms with E-state index in [4.69, 9.17) is 0 Å². The van der Waals surface area contributed by atoms with Gasteiger partial charge in [0, 0.05) is 19.1 Å². The van der Waals surface area contributed by atoms with Crippen molar-refractivity contribution in [3.63, 3.8) is 0 Å². The van der Waals surface area contributed by atoms with E-state index in [9.17, 15) is 4.79 Å². The summed E-state index contributed by atoms with van der Waals surface area (Å²) < 4.78 is 0. The number of carbonyl (C=O) groups excluding carboxylic acids is 1. The Bertz CT molecular complexity index is 172. The minimum Gasteiger partial charge on any atom is -0.333 e. The quantitative estimate of drug-likeness (QED) is 0.609. The first-order chi connectivity index (χ1) is 6.27. The van der Waals surface area contributed by atoms with Crippen molar-refractivity contribution in [1.29, 1.82) is 0 Å². The molecule has 1 aliphatic rings. The molecule has 0 aromatic rings. The SMILES string of the molecule is CCC1CN(CCCNC)C(=O)N1. The Morgan fingerprint density at radius 3 is 3.00 bits per heavy atom. The highest BCUT2D eigenvalue weighted by Gasteiger charge is 2.26. The predicted octanol–water partition coefficient (Wildman–Crippen LogP) is 0.400. The fraction of sp³-hybridized carbons (Fsp3) is 0.889. The summed E-state index contributed by atoms with van der Waals surface area (Å²) in [6.45, 7) is 4.81. The topological polar surface area (TPSA) is 44.4 Å². The second-order valence-electron chi connectivity index (χ2n) is 3.46. The molecule has 0 aromatic heterocycles. The largest absolute Gasteiger partial charge is 0.333 e. The number of nitrogens with one attached hydrogen (secondary N) is 2. The molecule has 0 radical (unpaired) electrons. The minimum absolute atomic E-state index is 0.1000. The highest BCUT2D eigenvalue weighted by atomic mass is 16.2. The van der Waals surface area contributed by atoms with Crippen LogP contribution < -0.4 is 10.6 Å². The normalized spacial score (nSPS) is 22.2. The van der Waals surface area contributed by atoms with Crippen LogP contribution >= 0.6 is 0 Å². The van der Waals surface area contributed by atoms with Gasteiger partial charge in [0.2, 0.25) is 0 Å². The average molecular weight is 185 g/mol. The Morgan fingerprint density at radius 2 is 2.46 bits per heavy atom. The number of urea groups is 1. The highest BCUT2D eigenvalue weighted by molar-refractivity contribution is 5.76. The van der Waals surface area contributed by atoms with Crippen molar-refractivity contribution in [3.8, 4) is 0 Å². The van der Waals surface area contributed by atoms with Crippen LogP contribution in [-0.2, 0) is 0 Å². The summed E-state index contributed by atoms with van der Waals surface area (Å²) in [4.78, 5) is 13.2. The molecular weight excluding hydrogens is 166 g/mol. The van der Waals surface area contributed by atoms with Gasteiger partial charge < -0.3 is 15.5 Å². The van der Waals surface area contributed by atoms with E-state index in [1.165, 1.54) is 0 Å². The molecule has 1 aliphatic heterocycles. The summed E-state index contributed by atoms with van der Waals surface area (Å²) in [6, 6.07) is 0.463. The summed E-state index contributed by atoms with van der Waals surface area (Å²) >= 11 is 0. The van der Waals surface area contributed by atoms with Crippen LogP contribution in [0.3, 0.4) is 0 Å². The molecule has 1 unspecified atom stereocenters. The molecule has 0 spiro atoms. The van der Waals surface area contributed by atoms with Gasteiger partial charge in [-0.2, -0.15) is 0 Å². The number of rotatable bonds is 5. The maximum atomic E-state index is 11.3. The van der Waals surface area contributed by atoms with Gasteiger partial charge >= 0.3 is 6.03 Å². The zero-order chi connectivity index (χ0) is 9.68. The van der Waals surface area contributed by atoms with Crippen LogP contribution in [0.25, 0.3) is 0 Å². The molecular formula is C9H19N3O. The first-order valence-corrected chi connectivity index (χ1v) is 4.98. The molecule has 0 bridgehead atoms. The van der Waals surface area contributed by atoms with Crippen LogP contribution in [-0.4, -0.2) is 43.7 Å². The van der Waals surface area contributed by atoms with E-state index in [1.54, 1.807) is 0 Å². The van der Waals surface area contributed by atoms with Gasteiger partial charge in [-0.05, 0) is 26.4 Å². The maximum absolute atomic E-state index is 11.3. The first kappa shape index (κ1) is 10.3. The van der Waals surface area contributed by atoms with Crippen molar-refractivity contribution in [2.75, 3.05) is 26.7 Å². The summed E-state index contributed by atoms with van der Waals surface area (Å²) in [7, 11) is 1.93. The van der Waals surface area contributed by atoms with Gasteiger partial charge in [0.05, 0.1) is 0 Å². The van der Waals surface area contributed by atoms with Crippen LogP contribution in [0, 0.1) is 0 Å². The van der Waals surface area contributed by atoms with Gasteiger partial charge in [-0.1, -0.05) is 6.92 Å². The van der Waals surface area contributed by atoms with Crippen LogP contribution in [0.4, 0.5) is 4.79 Å². The van der Waals surface area contributed by atoms with E-state index < -0.39 is 0 Å². The third kappa shape index (κ3) is 2.88. The lowest BCUT2D eigenvalue weighted by Crippen LogP contribution is -2.30. The lowest BCUT2D eigenvalue weighted by molar-refractivity contribution is 0.217. The van der Waals surface area contributed by atoms with Crippen LogP contribution in [0.15, 0.2) is 0 Å². The van der Waals surface area contributed by atoms with Crippen molar-refractivity contribution in [1.82, 2.24) is 15.5 Å². The third-order valence-corrected chi connectivity index (χ3v) is 2.40. The number of hydrogen-bond acceptors (Lipinski definition) is 2. The molecule has 4 nitrogen and oxygen atoms in total. The first-order valence-electron chi connectivity index (χ1n) is 4.98. The minimum atomic E-state index is 0.1000. The van der Waals surface area contributed by atoms with Crippen molar-refractivity contribution >= 4 is 6.03 Å². The zero-order valence-electron chi connectivity index (χ0n) is 8.47. The molecule has 1 atom stereocenters. The van der Waals surface area contributed by atoms with Crippen molar-refractivity contribution in [3.05, 3.63) is 0 Å². The van der Waals surface area contributed by atoms with E-state index in [0.29, 0.717) is 6.04 Å². The standard InChI is InChI=1S/C9H19N3O/c1-3-8-7-12(9(13)11-8)6-4-5-10-2/h8,10H,3-7H2,1-2H3,(H,11,13). The molecule has 1 saturated heterocycles. The van der Waals surface area contributed by atoms with E-state index in [1.807, 2.05) is 11.9 Å². The van der Waals surface area contributed by atoms with Gasteiger partial charge in [0.15, 0.2) is 0 Å². The summed E-state index contributed by atoms with van der Waals surface area (Å²) in [5, 5.41) is 6.02. The van der Waals surface area contributed by atoms with Crippen molar-refractivity contribution in [2.45, 2.75) is 25.8 Å². The van der Waals surface area contributed by atoms with Crippen molar-refractivity contribution < 1.29 is 4.79 Å². The Hall–Kier alpha value is -0.770. The molecule has 0 saturated carbocycles. The monoisotopic (exact) mass is 185 g/mol. The molecule has 1 heterocycles. The smallest absolute Gasteiger partial charge is 0.317 e. The molecule has 0 aliphatic carbocycles. The lowest BCUT2D eigenvalue weighted by atomic mass is 10.2. The Balaban J connectivity index is 2.23. The van der Waals surface area contributed by atoms with Gasteiger partial charge in [0.1, 0.15) is 0 Å². The Labute approximate surface area is 79.7 Å². The molecule has 2 amide bonds. The second kappa shape index (κ2) is 5.07. The van der Waals surface area contributed by atoms with E-state index in [-0.39, 0.29) is 6.03 Å². The van der Waals surface area contributed by atoms with Gasteiger partial charge in [-0.25, -0.2) is 4.79 Å². The Morgan fingerprint density at radius 1 is 1.69 bits per heavy atom. The third-order valence-electron chi connectivity index (χ3n) is 2.40. The molecule has 1 rings (SSSR count). The van der Waals surface area contributed by atoms with E-state index in [0.717, 1.165) is 32.5 Å². The van der Waals surface area contributed by atoms with E-state index in [2.05, 4.69) is 17.6 Å². The predicted molar refractivity (Wildman–Crippen MR) is 52.7 cm³/mol. The van der Waals surface area contributed by atoms with Gasteiger partial charge in [-0.3, -0.25) is 0 Å². The fourth-order valence-corrected chi connectivity index (χ4v) is 1.53. The maximum Gasteiger partial charge on any atom is 0.317 e. The molecule has 2 N–H and O–H groups in total. The average Bonchev–Trinajstić information content (AvgIpc) is 2.48. The molecule has 0 aromatic carbocycles. The van der Waals surface area contributed by atoms with Crippen LogP contribution in [0.5, 0.6) is 0 Å². The highest BCUT2D eigenvalue weighted by Crippen LogP contribution is 2.06. The van der Waals surface area contributed by atoms with Crippen LogP contribution in [0.1, 0.15) is 19.8 Å². The summed E-state index contributed by atoms with van der Waals surface area (Å²) in [5.41, 5.74) is 0. The summed E-state index contributed by atoms with van der Waals surface area (Å²) in [6.07, 6.45) is 2.05. The van der Waals surface area contributed by atoms with E-state index >= 15 is 0 Å². The molecule has 1 fully saturated rings. The number of nitrogens with zero attached hydrogens (tertiary/aromatic N) is 1. The Kier molecular flexibility index (Phi) is 4.02. The second-order valence-corrected chi connectivity index (χ2v) is 3.46. The number of hydrogen-bond donors (Lipinski definition) is 2. The molecule has 76 valence electrons. The number of amides is 2. The van der Waals surface area contributed by atoms with Crippen molar-refractivity contribution in [2.24, 2.45) is 0 Å². The molecule has 13 heavy (non-hydrogen) atoms. The molecule has 4 heteroatoms. The summed E-state index contributed by atoms with van der Waals surface area (Å²) in [5.74, 6) is 0. The fourth-order valence-electron chi connectivity index (χ4n) is 1.53. The van der Waals surface area contributed by atoms with Gasteiger partial charge in [0.25, 0.3) is 0 Å². The number of carbonyl (C=O) groups is 1.